The predicted molar refractivity (Wildman–Crippen MR) is 112 cm³/mol. The van der Waals surface area contributed by atoms with Crippen LogP contribution in [0, 0.1) is 17.2 Å². The number of para-hydroxylation sites is 1. The van der Waals surface area contributed by atoms with Gasteiger partial charge in [0.05, 0.1) is 17.3 Å². The number of nitriles is 1. The Morgan fingerprint density at radius 3 is 2.45 bits per heavy atom. The summed E-state index contributed by atoms with van der Waals surface area (Å²) in [7, 11) is 0. The minimum Gasteiger partial charge on any atom is -0.352 e. The van der Waals surface area contributed by atoms with Gasteiger partial charge in [-0.15, -0.1) is 0 Å². The highest BCUT2D eigenvalue weighted by Crippen LogP contribution is 2.21. The fourth-order valence-electron chi connectivity index (χ4n) is 3.57. The number of benzene rings is 2. The second-order valence-corrected chi connectivity index (χ2v) is 7.34. The third-order valence-corrected chi connectivity index (χ3v) is 5.44. The number of anilines is 1. The van der Waals surface area contributed by atoms with Crippen LogP contribution in [0.15, 0.2) is 54.6 Å². The van der Waals surface area contributed by atoms with E-state index < -0.39 is 0 Å². The van der Waals surface area contributed by atoms with E-state index in [0.29, 0.717) is 30.9 Å². The van der Waals surface area contributed by atoms with Crippen molar-refractivity contribution in [3.63, 3.8) is 0 Å². The lowest BCUT2D eigenvalue weighted by Gasteiger charge is -2.34. The van der Waals surface area contributed by atoms with Gasteiger partial charge in [0.25, 0.3) is 0 Å². The number of hydrogen-bond donors (Lipinski definition) is 2. The molecule has 2 aromatic carbocycles. The Morgan fingerprint density at radius 1 is 1.10 bits per heavy atom. The molecular formula is C23H26N4O2. The number of piperidine rings is 1. The molecule has 6 heteroatoms. The summed E-state index contributed by atoms with van der Waals surface area (Å²) in [5, 5.41) is 15.0. The summed E-state index contributed by atoms with van der Waals surface area (Å²) in [6.07, 6.45) is 1.46. The first-order valence-corrected chi connectivity index (χ1v) is 9.94. The van der Waals surface area contributed by atoms with Gasteiger partial charge in [-0.2, -0.15) is 5.26 Å². The van der Waals surface area contributed by atoms with Crippen LogP contribution in [0.4, 0.5) is 5.69 Å². The fraction of sp³-hybridized carbons (Fsp3) is 0.348. The summed E-state index contributed by atoms with van der Waals surface area (Å²) in [5.41, 5.74) is 2.06. The lowest BCUT2D eigenvalue weighted by atomic mass is 9.94. The number of carbonyl (C=O) groups excluding carboxylic acids is 2. The van der Waals surface area contributed by atoms with Gasteiger partial charge in [0, 0.05) is 12.5 Å². The first kappa shape index (κ1) is 20.6. The maximum absolute atomic E-state index is 12.6. The van der Waals surface area contributed by atoms with E-state index in [1.165, 1.54) is 0 Å². The van der Waals surface area contributed by atoms with Gasteiger partial charge in [-0.1, -0.05) is 42.5 Å². The average molecular weight is 390 g/mol. The Hall–Kier alpha value is -3.17. The summed E-state index contributed by atoms with van der Waals surface area (Å²) in [5.74, 6) is -0.0854. The van der Waals surface area contributed by atoms with Crippen LogP contribution >= 0.6 is 0 Å². The Kier molecular flexibility index (Phi) is 6.99. The van der Waals surface area contributed by atoms with Crippen molar-refractivity contribution in [1.29, 1.82) is 5.26 Å². The molecular weight excluding hydrogens is 364 g/mol. The van der Waals surface area contributed by atoms with Crippen molar-refractivity contribution in [2.24, 2.45) is 5.92 Å². The van der Waals surface area contributed by atoms with E-state index in [1.807, 2.05) is 37.3 Å². The van der Waals surface area contributed by atoms with Crippen molar-refractivity contribution in [2.75, 3.05) is 18.4 Å². The third kappa shape index (κ3) is 5.43. The SMILES string of the molecule is C[C@H](C(=O)Nc1ccccc1C#N)N1CCC(C(=O)NCc2ccccc2)CC1. The molecule has 2 aromatic rings. The van der Waals surface area contributed by atoms with Gasteiger partial charge in [0.1, 0.15) is 6.07 Å². The lowest BCUT2D eigenvalue weighted by Crippen LogP contribution is -2.48. The quantitative estimate of drug-likeness (QED) is 0.794. The molecule has 1 heterocycles. The predicted octanol–water partition coefficient (Wildman–Crippen LogP) is 2.91. The van der Waals surface area contributed by atoms with Gasteiger partial charge in [0.2, 0.25) is 11.8 Å². The molecule has 0 spiro atoms. The maximum Gasteiger partial charge on any atom is 0.241 e. The Bertz CT molecular complexity index is 883. The summed E-state index contributed by atoms with van der Waals surface area (Å²) in [4.78, 5) is 27.2. The minimum absolute atomic E-state index is 0.0236. The summed E-state index contributed by atoms with van der Waals surface area (Å²) in [6, 6.07) is 18.6. The highest BCUT2D eigenvalue weighted by Gasteiger charge is 2.29. The van der Waals surface area contributed by atoms with Crippen molar-refractivity contribution in [2.45, 2.75) is 32.4 Å². The van der Waals surface area contributed by atoms with Crippen LogP contribution in [0.1, 0.15) is 30.9 Å². The molecule has 1 saturated heterocycles. The zero-order valence-electron chi connectivity index (χ0n) is 16.6. The summed E-state index contributed by atoms with van der Waals surface area (Å²) < 4.78 is 0. The van der Waals surface area contributed by atoms with Crippen LogP contribution in [0.5, 0.6) is 0 Å². The standard InChI is InChI=1S/C23H26N4O2/c1-17(22(28)26-21-10-6-5-9-20(21)15-24)27-13-11-19(12-14-27)23(29)25-16-18-7-3-2-4-8-18/h2-10,17,19H,11-14,16H2,1H3,(H,25,29)(H,26,28)/t17-/m1/s1. The largest absolute Gasteiger partial charge is 0.352 e. The smallest absolute Gasteiger partial charge is 0.241 e. The molecule has 1 aliphatic rings. The summed E-state index contributed by atoms with van der Waals surface area (Å²) in [6.45, 7) is 3.78. The molecule has 29 heavy (non-hydrogen) atoms. The zero-order valence-corrected chi connectivity index (χ0v) is 16.6. The van der Waals surface area contributed by atoms with E-state index >= 15 is 0 Å². The average Bonchev–Trinajstić information content (AvgIpc) is 2.78. The van der Waals surface area contributed by atoms with Crippen LogP contribution in [-0.2, 0) is 16.1 Å². The molecule has 3 rings (SSSR count). The molecule has 0 unspecified atom stereocenters. The van der Waals surface area contributed by atoms with Gasteiger partial charge in [-0.25, -0.2) is 0 Å². The minimum atomic E-state index is -0.324. The monoisotopic (exact) mass is 390 g/mol. The highest BCUT2D eigenvalue weighted by atomic mass is 16.2. The van der Waals surface area contributed by atoms with Crippen LogP contribution in [0.2, 0.25) is 0 Å². The van der Waals surface area contributed by atoms with E-state index in [1.54, 1.807) is 24.3 Å². The van der Waals surface area contributed by atoms with Gasteiger partial charge in [0.15, 0.2) is 0 Å². The number of nitrogens with one attached hydrogen (secondary N) is 2. The van der Waals surface area contributed by atoms with Crippen molar-refractivity contribution in [3.8, 4) is 6.07 Å². The van der Waals surface area contributed by atoms with Gasteiger partial charge in [-0.3, -0.25) is 14.5 Å². The summed E-state index contributed by atoms with van der Waals surface area (Å²) >= 11 is 0. The molecule has 150 valence electrons. The first-order valence-electron chi connectivity index (χ1n) is 9.94. The molecule has 2 amide bonds. The van der Waals surface area contributed by atoms with E-state index in [-0.39, 0.29) is 23.8 Å². The molecule has 0 aliphatic carbocycles. The van der Waals surface area contributed by atoms with E-state index in [0.717, 1.165) is 18.4 Å². The van der Waals surface area contributed by atoms with Crippen LogP contribution in [0.3, 0.4) is 0 Å². The molecule has 0 saturated carbocycles. The number of rotatable bonds is 6. The number of hydrogen-bond acceptors (Lipinski definition) is 4. The molecule has 1 fully saturated rings. The van der Waals surface area contributed by atoms with Gasteiger partial charge >= 0.3 is 0 Å². The van der Waals surface area contributed by atoms with Crippen molar-refractivity contribution >= 4 is 17.5 Å². The fourth-order valence-corrected chi connectivity index (χ4v) is 3.57. The molecule has 1 aliphatic heterocycles. The Balaban J connectivity index is 1.47. The van der Waals surface area contributed by atoms with E-state index in [9.17, 15) is 9.59 Å². The molecule has 0 radical (unpaired) electrons. The lowest BCUT2D eigenvalue weighted by molar-refractivity contribution is -0.127. The van der Waals surface area contributed by atoms with Crippen LogP contribution < -0.4 is 10.6 Å². The molecule has 2 N–H and O–H groups in total. The van der Waals surface area contributed by atoms with E-state index in [4.69, 9.17) is 5.26 Å². The number of carbonyl (C=O) groups is 2. The van der Waals surface area contributed by atoms with Gasteiger partial charge in [-0.05, 0) is 50.6 Å². The zero-order chi connectivity index (χ0) is 20.6. The van der Waals surface area contributed by atoms with E-state index in [2.05, 4.69) is 21.6 Å². The number of amides is 2. The molecule has 1 atom stereocenters. The Morgan fingerprint density at radius 2 is 1.76 bits per heavy atom. The number of likely N-dealkylation sites (tertiary alicyclic amines) is 1. The second-order valence-electron chi connectivity index (χ2n) is 7.34. The molecule has 0 aromatic heterocycles. The van der Waals surface area contributed by atoms with Crippen molar-refractivity contribution in [1.82, 2.24) is 10.2 Å². The molecule has 6 nitrogen and oxygen atoms in total. The van der Waals surface area contributed by atoms with Crippen molar-refractivity contribution < 1.29 is 9.59 Å². The van der Waals surface area contributed by atoms with Crippen LogP contribution in [-0.4, -0.2) is 35.8 Å². The van der Waals surface area contributed by atoms with Crippen molar-refractivity contribution in [3.05, 3.63) is 65.7 Å². The second kappa shape index (κ2) is 9.85. The molecule has 0 bridgehead atoms. The topological polar surface area (TPSA) is 85.2 Å². The Labute approximate surface area is 171 Å². The van der Waals surface area contributed by atoms with Gasteiger partial charge < -0.3 is 10.6 Å². The maximum atomic E-state index is 12.6. The van der Waals surface area contributed by atoms with Crippen LogP contribution in [0.25, 0.3) is 0 Å². The third-order valence-electron chi connectivity index (χ3n) is 5.44. The normalized spacial score (nSPS) is 15.9. The number of nitrogens with zero attached hydrogens (tertiary/aromatic N) is 2. The first-order chi connectivity index (χ1) is 14.1. The highest BCUT2D eigenvalue weighted by molar-refractivity contribution is 5.95.